The number of nitrogens with zero attached hydrogens (tertiary/aromatic N) is 2. The Kier molecular flexibility index (Phi) is 13.4. The molecule has 0 unspecified atom stereocenters. The number of unbranched alkanes of at least 4 members (excludes halogenated alkanes) is 1. The number of halogens is 1. The first-order valence-corrected chi connectivity index (χ1v) is 16.8. The number of rotatable bonds is 17. The van der Waals surface area contributed by atoms with Crippen molar-refractivity contribution < 1.29 is 23.6 Å². The van der Waals surface area contributed by atoms with Gasteiger partial charge in [-0.1, -0.05) is 44.0 Å². The number of hydrogen-bond acceptors (Lipinski definition) is 6. The molecule has 0 saturated heterocycles. The van der Waals surface area contributed by atoms with Crippen LogP contribution in [0.25, 0.3) is 17.2 Å². The zero-order valence-corrected chi connectivity index (χ0v) is 27.5. The number of anilines is 1. The number of carbonyl (C=O) groups excluding carboxylic acids is 1. The molecule has 3 aromatic carbocycles. The van der Waals surface area contributed by atoms with E-state index in [1.165, 1.54) is 6.08 Å². The van der Waals surface area contributed by atoms with Gasteiger partial charge in [-0.25, -0.2) is 4.98 Å². The maximum atomic E-state index is 12.9. The Bertz CT molecular complexity index is 1540. The van der Waals surface area contributed by atoms with Crippen LogP contribution in [0, 0.1) is 0 Å². The van der Waals surface area contributed by atoms with E-state index in [0.717, 1.165) is 55.0 Å². The van der Waals surface area contributed by atoms with Crippen molar-refractivity contribution in [1.82, 2.24) is 9.55 Å². The summed E-state index contributed by atoms with van der Waals surface area (Å²) in [5.41, 5.74) is 3.93. The van der Waals surface area contributed by atoms with Crippen LogP contribution in [0.1, 0.15) is 44.4 Å². The van der Waals surface area contributed by atoms with Crippen LogP contribution in [0.5, 0.6) is 11.5 Å². The number of aryl methyl sites for hydroxylation is 1. The molecule has 4 rings (SSSR count). The standard InChI is InChI=1S/C35H40ClN3O5S/c1-4-6-18-43-19-20-44-30-12-7-26(8-13-30)32-21-27(34(42-3)22-33(32)36)9-16-35(40)38-28-10-14-31(15-11-28)45(41)24-29-23-37-25-39(29)17-5-2/h7-16,21-23,25H,4-6,17-20,24H2,1-3H3,(H,38,40)/b16-9+/t45-/m0/s1. The zero-order valence-electron chi connectivity index (χ0n) is 26.0. The molecule has 0 aliphatic carbocycles. The van der Waals surface area contributed by atoms with Crippen LogP contribution in [0.15, 0.2) is 84.2 Å². The van der Waals surface area contributed by atoms with E-state index in [2.05, 4.69) is 24.1 Å². The summed E-state index contributed by atoms with van der Waals surface area (Å²) in [7, 11) is 1.56. The number of methoxy groups -OCH3 is 1. The Morgan fingerprint density at radius 2 is 1.82 bits per heavy atom. The molecule has 0 spiro atoms. The first-order chi connectivity index (χ1) is 21.9. The van der Waals surface area contributed by atoms with Crippen LogP contribution in [-0.4, -0.2) is 46.9 Å². The number of hydrogen-bond donors (Lipinski definition) is 1. The summed E-state index contributed by atoms with van der Waals surface area (Å²) < 4.78 is 31.8. The fourth-order valence-corrected chi connectivity index (χ4v) is 5.94. The maximum absolute atomic E-state index is 12.9. The molecule has 4 aromatic rings. The van der Waals surface area contributed by atoms with Gasteiger partial charge in [-0.15, -0.1) is 0 Å². The first-order valence-electron chi connectivity index (χ1n) is 15.1. The van der Waals surface area contributed by atoms with Crippen LogP contribution in [0.4, 0.5) is 5.69 Å². The summed E-state index contributed by atoms with van der Waals surface area (Å²) in [6.45, 7) is 6.85. The molecule has 0 bridgehead atoms. The van der Waals surface area contributed by atoms with Crippen molar-refractivity contribution in [2.24, 2.45) is 0 Å². The van der Waals surface area contributed by atoms with Gasteiger partial charge in [-0.05, 0) is 84.2 Å². The SMILES string of the molecule is CCCCOCCOc1ccc(-c2cc(/C=C/C(=O)Nc3ccc([S@@+]([O-])Cc4cncn4CCC)cc3)c(OC)cc2Cl)cc1. The van der Waals surface area contributed by atoms with Crippen molar-refractivity contribution in [3.05, 3.63) is 95.5 Å². The third-order valence-corrected chi connectivity index (χ3v) is 8.63. The zero-order chi connectivity index (χ0) is 32.0. The Labute approximate surface area is 273 Å². The molecule has 8 nitrogen and oxygen atoms in total. The summed E-state index contributed by atoms with van der Waals surface area (Å²) in [6, 6.07) is 18.3. The normalized spacial score (nSPS) is 11.9. The number of ether oxygens (including phenoxy) is 3. The predicted octanol–water partition coefficient (Wildman–Crippen LogP) is 7.78. The molecule has 238 valence electrons. The van der Waals surface area contributed by atoms with Gasteiger partial charge >= 0.3 is 0 Å². The first kappa shape index (κ1) is 34.1. The third kappa shape index (κ3) is 10.1. The van der Waals surface area contributed by atoms with Crippen molar-refractivity contribution in [3.8, 4) is 22.6 Å². The summed E-state index contributed by atoms with van der Waals surface area (Å²) in [5, 5.41) is 3.38. The van der Waals surface area contributed by atoms with Gasteiger partial charge in [0.2, 0.25) is 5.91 Å². The Hall–Kier alpha value is -3.76. The van der Waals surface area contributed by atoms with Gasteiger partial charge in [0, 0.05) is 36.0 Å². The lowest BCUT2D eigenvalue weighted by Crippen LogP contribution is -2.11. The highest BCUT2D eigenvalue weighted by molar-refractivity contribution is 7.90. The van der Waals surface area contributed by atoms with Gasteiger partial charge in [0.15, 0.2) is 10.6 Å². The summed E-state index contributed by atoms with van der Waals surface area (Å²) in [5.74, 6) is 1.36. The Morgan fingerprint density at radius 1 is 1.04 bits per heavy atom. The van der Waals surface area contributed by atoms with Crippen LogP contribution in [0.3, 0.4) is 0 Å². The van der Waals surface area contributed by atoms with Crippen molar-refractivity contribution in [2.75, 3.05) is 32.2 Å². The van der Waals surface area contributed by atoms with Crippen LogP contribution in [-0.2, 0) is 33.0 Å². The fraction of sp³-hybridized carbons (Fsp3) is 0.314. The van der Waals surface area contributed by atoms with Gasteiger partial charge in [0.25, 0.3) is 0 Å². The molecule has 0 radical (unpaired) electrons. The molecule has 0 saturated carbocycles. The Morgan fingerprint density at radius 3 is 2.53 bits per heavy atom. The monoisotopic (exact) mass is 649 g/mol. The molecule has 0 aliphatic heterocycles. The highest BCUT2D eigenvalue weighted by Gasteiger charge is 2.15. The van der Waals surface area contributed by atoms with Gasteiger partial charge in [0.1, 0.15) is 18.1 Å². The van der Waals surface area contributed by atoms with Gasteiger partial charge in [-0.2, -0.15) is 0 Å². The number of imidazole rings is 1. The van der Waals surface area contributed by atoms with E-state index < -0.39 is 11.2 Å². The Balaban J connectivity index is 1.36. The van der Waals surface area contributed by atoms with Gasteiger partial charge < -0.3 is 28.6 Å². The number of benzene rings is 3. The lowest BCUT2D eigenvalue weighted by molar-refractivity contribution is -0.111. The van der Waals surface area contributed by atoms with E-state index in [9.17, 15) is 9.35 Å². The third-order valence-electron chi connectivity index (χ3n) is 6.96. The number of carbonyl (C=O) groups is 1. The molecule has 1 amide bonds. The molecule has 1 aromatic heterocycles. The van der Waals surface area contributed by atoms with Crippen LogP contribution >= 0.6 is 11.6 Å². The smallest absolute Gasteiger partial charge is 0.248 e. The number of aromatic nitrogens is 2. The van der Waals surface area contributed by atoms with Crippen LogP contribution in [0.2, 0.25) is 5.02 Å². The lowest BCUT2D eigenvalue weighted by atomic mass is 10.0. The fourth-order valence-electron chi connectivity index (χ4n) is 4.57. The van der Waals surface area contributed by atoms with E-state index in [-0.39, 0.29) is 5.91 Å². The quantitative estimate of drug-likeness (QED) is 0.0713. The van der Waals surface area contributed by atoms with Crippen LogP contribution < -0.4 is 14.8 Å². The predicted molar refractivity (Wildman–Crippen MR) is 181 cm³/mol. The summed E-state index contributed by atoms with van der Waals surface area (Å²) in [4.78, 5) is 17.6. The van der Waals surface area contributed by atoms with E-state index in [1.807, 2.05) is 34.9 Å². The lowest BCUT2D eigenvalue weighted by Gasteiger charge is -2.13. The molecular formula is C35H40ClN3O5S. The van der Waals surface area contributed by atoms with Crippen molar-refractivity contribution in [3.63, 3.8) is 0 Å². The topological polar surface area (TPSA) is 97.7 Å². The average Bonchev–Trinajstić information content (AvgIpc) is 3.49. The molecule has 45 heavy (non-hydrogen) atoms. The molecular weight excluding hydrogens is 610 g/mol. The van der Waals surface area contributed by atoms with Gasteiger partial charge in [0.05, 0.1) is 37.0 Å². The largest absolute Gasteiger partial charge is 0.611 e. The highest BCUT2D eigenvalue weighted by Crippen LogP contribution is 2.35. The molecule has 0 fully saturated rings. The minimum Gasteiger partial charge on any atom is -0.611 e. The van der Waals surface area contributed by atoms with E-state index in [1.54, 1.807) is 56.0 Å². The van der Waals surface area contributed by atoms with E-state index in [4.69, 9.17) is 25.8 Å². The number of amides is 1. The van der Waals surface area contributed by atoms with Crippen molar-refractivity contribution in [1.29, 1.82) is 0 Å². The molecule has 1 heterocycles. The second-order valence-corrected chi connectivity index (χ2v) is 12.2. The van der Waals surface area contributed by atoms with Crippen molar-refractivity contribution >= 4 is 40.4 Å². The summed E-state index contributed by atoms with van der Waals surface area (Å²) in [6.07, 6.45) is 9.78. The maximum Gasteiger partial charge on any atom is 0.248 e. The van der Waals surface area contributed by atoms with E-state index >= 15 is 0 Å². The molecule has 1 atom stereocenters. The minimum absolute atomic E-state index is 0.314. The number of nitrogens with one attached hydrogen (secondary N) is 1. The molecule has 1 N–H and O–H groups in total. The van der Waals surface area contributed by atoms with Gasteiger partial charge in [-0.3, -0.25) is 4.79 Å². The second-order valence-electron chi connectivity index (χ2n) is 10.3. The summed E-state index contributed by atoms with van der Waals surface area (Å²) >= 11 is 5.38. The highest BCUT2D eigenvalue weighted by atomic mass is 35.5. The average molecular weight is 650 g/mol. The van der Waals surface area contributed by atoms with Crippen molar-refractivity contribution in [2.45, 2.75) is 50.3 Å². The van der Waals surface area contributed by atoms with E-state index in [0.29, 0.717) is 45.9 Å². The minimum atomic E-state index is -1.23. The second kappa shape index (κ2) is 17.7. The molecule has 10 heteroatoms. The molecule has 0 aliphatic rings.